The monoisotopic (exact) mass is 434 g/mol. The Kier molecular flexibility index (Phi) is 6.92. The van der Waals surface area contributed by atoms with Gasteiger partial charge in [-0.25, -0.2) is 12.7 Å². The lowest BCUT2D eigenvalue weighted by Crippen LogP contribution is -2.50. The van der Waals surface area contributed by atoms with Crippen molar-refractivity contribution in [2.75, 3.05) is 13.1 Å². The Morgan fingerprint density at radius 2 is 1.83 bits per heavy atom. The van der Waals surface area contributed by atoms with Crippen LogP contribution < -0.4 is 11.1 Å². The van der Waals surface area contributed by atoms with E-state index in [1.165, 1.54) is 18.6 Å². The predicted octanol–water partition coefficient (Wildman–Crippen LogP) is 1.17. The van der Waals surface area contributed by atoms with Crippen molar-refractivity contribution in [1.82, 2.24) is 9.62 Å². The first-order valence-corrected chi connectivity index (χ1v) is 11.7. The first-order chi connectivity index (χ1) is 14.3. The molecule has 0 unspecified atom stereocenters. The summed E-state index contributed by atoms with van der Waals surface area (Å²) in [6.45, 7) is 0.578. The molecule has 1 heterocycles. The number of sulfonamides is 1. The van der Waals surface area contributed by atoms with Crippen molar-refractivity contribution >= 4 is 27.6 Å². The maximum atomic E-state index is 13.4. The van der Waals surface area contributed by atoms with Gasteiger partial charge in [-0.15, -0.1) is 0 Å². The van der Waals surface area contributed by atoms with Crippen molar-refractivity contribution in [2.45, 2.75) is 55.9 Å². The molecule has 1 radical (unpaired) electrons. The lowest BCUT2D eigenvalue weighted by atomic mass is 9.80. The van der Waals surface area contributed by atoms with Gasteiger partial charge in [0.15, 0.2) is 5.78 Å². The normalized spacial score (nSPS) is 21.7. The van der Waals surface area contributed by atoms with Crippen LogP contribution in [0.3, 0.4) is 0 Å². The minimum Gasteiger partial charge on any atom is -0.369 e. The minimum absolute atomic E-state index is 0.00395. The number of Topliss-reactive ketones (excluding diaryl/α,β-unsaturated/α-hetero) is 1. The standard InChI is InChI=1S/C21H28N3O5S/c22-20(27)21(11-4-5-12-21)13-10-19(26)24(17-9-6-14-23-15-18(17)25)30(28,29)16-7-2-1-3-8-16/h1-3,7-8,10,17,23H,4-6,9,11-15H2,(H2,22,27)/t17-/m0/s1. The van der Waals surface area contributed by atoms with Crippen LogP contribution in [-0.2, 0) is 24.4 Å². The fourth-order valence-corrected chi connectivity index (χ4v) is 5.88. The molecule has 0 bridgehead atoms. The van der Waals surface area contributed by atoms with E-state index in [0.717, 1.165) is 12.8 Å². The zero-order valence-electron chi connectivity index (χ0n) is 16.9. The second-order valence-electron chi connectivity index (χ2n) is 8.01. The molecule has 0 aromatic heterocycles. The van der Waals surface area contributed by atoms with Crippen molar-refractivity contribution in [2.24, 2.45) is 11.1 Å². The second kappa shape index (κ2) is 9.26. The Bertz CT molecular complexity index is 894. The Hall–Kier alpha value is -2.26. The zero-order chi connectivity index (χ0) is 21.8. The summed E-state index contributed by atoms with van der Waals surface area (Å²) >= 11 is 0. The van der Waals surface area contributed by atoms with Crippen LogP contribution in [0.15, 0.2) is 35.2 Å². The molecule has 1 saturated heterocycles. The number of hydrogen-bond donors (Lipinski definition) is 2. The third kappa shape index (κ3) is 4.57. The van der Waals surface area contributed by atoms with E-state index in [1.807, 2.05) is 0 Å². The topological polar surface area (TPSA) is 127 Å². The number of nitrogens with one attached hydrogen (secondary N) is 1. The molecule has 163 valence electrons. The number of benzene rings is 1. The first-order valence-electron chi connectivity index (χ1n) is 10.3. The molecule has 1 aliphatic heterocycles. The Balaban J connectivity index is 1.91. The Morgan fingerprint density at radius 1 is 1.17 bits per heavy atom. The van der Waals surface area contributed by atoms with Crippen molar-refractivity contribution in [3.05, 3.63) is 36.8 Å². The summed E-state index contributed by atoms with van der Waals surface area (Å²) in [4.78, 5) is 37.8. The fourth-order valence-electron chi connectivity index (χ4n) is 4.28. The number of nitrogens with two attached hydrogens (primary N) is 1. The summed E-state index contributed by atoms with van der Waals surface area (Å²) in [6.07, 6.45) is 4.93. The summed E-state index contributed by atoms with van der Waals surface area (Å²) in [6, 6.07) is 6.52. The highest BCUT2D eigenvalue weighted by Crippen LogP contribution is 2.42. The number of carbonyl (C=O) groups excluding carboxylic acids is 3. The number of carbonyl (C=O) groups is 3. The van der Waals surface area contributed by atoms with Gasteiger partial charge >= 0.3 is 0 Å². The maximum absolute atomic E-state index is 13.4. The molecule has 0 spiro atoms. The average Bonchev–Trinajstić information content (AvgIpc) is 3.13. The molecule has 1 aromatic rings. The van der Waals surface area contributed by atoms with E-state index < -0.39 is 33.3 Å². The Morgan fingerprint density at radius 3 is 2.47 bits per heavy atom. The number of primary amides is 1. The number of nitrogens with zero attached hydrogens (tertiary/aromatic N) is 1. The third-order valence-electron chi connectivity index (χ3n) is 6.05. The molecule has 2 fully saturated rings. The van der Waals surface area contributed by atoms with Gasteiger partial charge in [-0.05, 0) is 50.8 Å². The summed E-state index contributed by atoms with van der Waals surface area (Å²) in [5, 5.41) is 2.96. The number of ketones is 1. The van der Waals surface area contributed by atoms with Crippen LogP contribution >= 0.6 is 0 Å². The summed E-state index contributed by atoms with van der Waals surface area (Å²) < 4.78 is 27.4. The molecule has 1 aromatic carbocycles. The van der Waals surface area contributed by atoms with Crippen molar-refractivity contribution in [3.8, 4) is 0 Å². The largest absolute Gasteiger partial charge is 0.369 e. The maximum Gasteiger partial charge on any atom is 0.267 e. The van der Waals surface area contributed by atoms with E-state index in [0.29, 0.717) is 30.1 Å². The second-order valence-corrected chi connectivity index (χ2v) is 9.83. The van der Waals surface area contributed by atoms with Crippen LogP contribution in [0.4, 0.5) is 0 Å². The van der Waals surface area contributed by atoms with Gasteiger partial charge in [0, 0.05) is 5.41 Å². The summed E-state index contributed by atoms with van der Waals surface area (Å²) in [5.74, 6) is -1.61. The SMILES string of the molecule is NC(=O)C1(C[CH]C(=O)N([C@H]2CCCNCC2=O)S(=O)(=O)c2ccccc2)CCCC1. The molecule has 2 amide bonds. The molecule has 2 aliphatic rings. The van der Waals surface area contributed by atoms with Gasteiger partial charge in [0.1, 0.15) is 6.04 Å². The van der Waals surface area contributed by atoms with Crippen LogP contribution in [0.5, 0.6) is 0 Å². The molecule has 8 nitrogen and oxygen atoms in total. The van der Waals surface area contributed by atoms with E-state index in [1.54, 1.807) is 18.2 Å². The van der Waals surface area contributed by atoms with Crippen LogP contribution in [0.2, 0.25) is 0 Å². The first kappa shape index (κ1) is 22.4. The van der Waals surface area contributed by atoms with Crippen molar-refractivity contribution in [1.29, 1.82) is 0 Å². The molecule has 30 heavy (non-hydrogen) atoms. The van der Waals surface area contributed by atoms with Gasteiger partial charge in [-0.2, -0.15) is 0 Å². The van der Waals surface area contributed by atoms with Gasteiger partial charge in [0.2, 0.25) is 11.8 Å². The van der Waals surface area contributed by atoms with Gasteiger partial charge in [-0.3, -0.25) is 14.4 Å². The summed E-state index contributed by atoms with van der Waals surface area (Å²) in [5.41, 5.74) is 4.77. The molecule has 9 heteroatoms. The van der Waals surface area contributed by atoms with E-state index in [2.05, 4.69) is 5.32 Å². The van der Waals surface area contributed by atoms with Crippen molar-refractivity contribution < 1.29 is 22.8 Å². The third-order valence-corrected chi connectivity index (χ3v) is 7.87. The van der Waals surface area contributed by atoms with E-state index in [9.17, 15) is 22.8 Å². The minimum atomic E-state index is -4.25. The zero-order valence-corrected chi connectivity index (χ0v) is 17.7. The van der Waals surface area contributed by atoms with Crippen molar-refractivity contribution in [3.63, 3.8) is 0 Å². The quantitative estimate of drug-likeness (QED) is 0.663. The van der Waals surface area contributed by atoms with Crippen LogP contribution in [-0.4, -0.2) is 49.5 Å². The lowest BCUT2D eigenvalue weighted by Gasteiger charge is -2.31. The smallest absolute Gasteiger partial charge is 0.267 e. The van der Waals surface area contributed by atoms with Gasteiger partial charge in [0.25, 0.3) is 10.0 Å². The predicted molar refractivity (Wildman–Crippen MR) is 110 cm³/mol. The number of hydrogen-bond acceptors (Lipinski definition) is 6. The van der Waals surface area contributed by atoms with E-state index in [4.69, 9.17) is 5.73 Å². The lowest BCUT2D eigenvalue weighted by molar-refractivity contribution is -0.132. The average molecular weight is 435 g/mol. The van der Waals surface area contributed by atoms with Gasteiger partial charge < -0.3 is 11.1 Å². The Labute approximate surface area is 177 Å². The molecular formula is C21H28N3O5S. The molecular weight excluding hydrogens is 406 g/mol. The highest BCUT2D eigenvalue weighted by atomic mass is 32.2. The van der Waals surface area contributed by atoms with Crippen LogP contribution in [0.1, 0.15) is 44.9 Å². The van der Waals surface area contributed by atoms with Gasteiger partial charge in [0.05, 0.1) is 17.9 Å². The van der Waals surface area contributed by atoms with Crippen LogP contribution in [0.25, 0.3) is 0 Å². The highest BCUT2D eigenvalue weighted by Gasteiger charge is 2.43. The molecule has 1 atom stereocenters. The fraction of sp³-hybridized carbons (Fsp3) is 0.524. The van der Waals surface area contributed by atoms with Gasteiger partial charge in [-0.1, -0.05) is 31.0 Å². The summed E-state index contributed by atoms with van der Waals surface area (Å²) in [7, 11) is -4.25. The number of rotatable bonds is 7. The van der Waals surface area contributed by atoms with E-state index >= 15 is 0 Å². The van der Waals surface area contributed by atoms with Crippen LogP contribution in [0, 0.1) is 11.8 Å². The highest BCUT2D eigenvalue weighted by molar-refractivity contribution is 7.89. The molecule has 3 rings (SSSR count). The molecule has 1 saturated carbocycles. The number of amides is 2. The molecule has 1 aliphatic carbocycles. The van der Waals surface area contributed by atoms with E-state index in [-0.39, 0.29) is 30.1 Å². The molecule has 3 N–H and O–H groups in total.